The van der Waals surface area contributed by atoms with Gasteiger partial charge in [0.25, 0.3) is 15.9 Å². The summed E-state index contributed by atoms with van der Waals surface area (Å²) in [6.07, 6.45) is 1.57. The Morgan fingerprint density at radius 1 is 0.893 bits per heavy atom. The maximum Gasteiger partial charge on any atom is 0.264 e. The van der Waals surface area contributed by atoms with E-state index in [2.05, 4.69) is 5.32 Å². The fourth-order valence-corrected chi connectivity index (χ4v) is 4.93. The first-order chi connectivity index (χ1) is 13.6. The first-order valence-corrected chi connectivity index (χ1v) is 10.6. The van der Waals surface area contributed by atoms with Crippen LogP contribution in [0.25, 0.3) is 0 Å². The molecule has 0 saturated carbocycles. The number of carbonyl (C=O) groups excluding carboxylic acids is 1. The van der Waals surface area contributed by atoms with Gasteiger partial charge in [0.05, 0.1) is 10.6 Å². The summed E-state index contributed by atoms with van der Waals surface area (Å²) in [7, 11) is -3.65. The minimum absolute atomic E-state index is 0.228. The zero-order valence-electron chi connectivity index (χ0n) is 15.2. The van der Waals surface area contributed by atoms with Crippen molar-refractivity contribution in [2.24, 2.45) is 0 Å². The molecule has 4 rings (SSSR count). The molecule has 3 aromatic carbocycles. The van der Waals surface area contributed by atoms with Crippen LogP contribution in [0, 0.1) is 0 Å². The van der Waals surface area contributed by atoms with E-state index in [-0.39, 0.29) is 10.8 Å². The Labute approximate surface area is 164 Å². The van der Waals surface area contributed by atoms with E-state index < -0.39 is 10.0 Å². The molecular formula is C22H20N2O3S. The van der Waals surface area contributed by atoms with Crippen LogP contribution < -0.4 is 9.62 Å². The van der Waals surface area contributed by atoms with E-state index in [1.54, 1.807) is 60.7 Å². The minimum atomic E-state index is -3.65. The lowest BCUT2D eigenvalue weighted by Crippen LogP contribution is -2.35. The molecule has 1 amide bonds. The largest absolute Gasteiger partial charge is 0.322 e. The van der Waals surface area contributed by atoms with Crippen LogP contribution in [0.2, 0.25) is 0 Å². The summed E-state index contributed by atoms with van der Waals surface area (Å²) in [6, 6.07) is 22.8. The Balaban J connectivity index is 1.67. The van der Waals surface area contributed by atoms with Gasteiger partial charge in [0.1, 0.15) is 0 Å². The SMILES string of the molecule is O=C(Nc1ccc2c(c1)N(S(=O)(=O)c1ccccc1)CCC2)c1ccccc1. The summed E-state index contributed by atoms with van der Waals surface area (Å²) in [5, 5.41) is 2.86. The molecule has 28 heavy (non-hydrogen) atoms. The summed E-state index contributed by atoms with van der Waals surface area (Å²) in [6.45, 7) is 0.417. The van der Waals surface area contributed by atoms with Crippen LogP contribution in [0.5, 0.6) is 0 Å². The van der Waals surface area contributed by atoms with Crippen molar-refractivity contribution >= 4 is 27.3 Å². The maximum atomic E-state index is 13.1. The van der Waals surface area contributed by atoms with Crippen LogP contribution in [-0.4, -0.2) is 20.9 Å². The van der Waals surface area contributed by atoms with Gasteiger partial charge in [-0.05, 0) is 54.8 Å². The van der Waals surface area contributed by atoms with Crippen LogP contribution in [-0.2, 0) is 16.4 Å². The number of nitrogens with one attached hydrogen (secondary N) is 1. The highest BCUT2D eigenvalue weighted by Crippen LogP contribution is 2.34. The van der Waals surface area contributed by atoms with Crippen molar-refractivity contribution in [3.05, 3.63) is 90.0 Å². The van der Waals surface area contributed by atoms with E-state index >= 15 is 0 Å². The summed E-state index contributed by atoms with van der Waals surface area (Å²) in [5.74, 6) is -0.228. The van der Waals surface area contributed by atoms with Crippen molar-refractivity contribution in [1.82, 2.24) is 0 Å². The number of sulfonamides is 1. The lowest BCUT2D eigenvalue weighted by molar-refractivity contribution is 0.102. The first kappa shape index (κ1) is 18.3. The van der Waals surface area contributed by atoms with Gasteiger partial charge in [0.2, 0.25) is 0 Å². The van der Waals surface area contributed by atoms with Gasteiger partial charge in [-0.2, -0.15) is 0 Å². The lowest BCUT2D eigenvalue weighted by atomic mass is 10.0. The van der Waals surface area contributed by atoms with E-state index in [1.165, 1.54) is 4.31 Å². The highest BCUT2D eigenvalue weighted by atomic mass is 32.2. The zero-order chi connectivity index (χ0) is 19.6. The molecule has 0 unspecified atom stereocenters. The number of benzene rings is 3. The average molecular weight is 392 g/mol. The predicted molar refractivity (Wildman–Crippen MR) is 110 cm³/mol. The van der Waals surface area contributed by atoms with Crippen molar-refractivity contribution in [3.8, 4) is 0 Å². The number of carbonyl (C=O) groups is 1. The number of hydrogen-bond donors (Lipinski definition) is 1. The molecule has 0 saturated heterocycles. The van der Waals surface area contributed by atoms with Crippen molar-refractivity contribution in [3.63, 3.8) is 0 Å². The topological polar surface area (TPSA) is 66.5 Å². The molecule has 0 fully saturated rings. The summed E-state index contributed by atoms with van der Waals surface area (Å²) in [5.41, 5.74) is 2.71. The molecule has 142 valence electrons. The van der Waals surface area contributed by atoms with Gasteiger partial charge in [0, 0.05) is 17.8 Å². The molecule has 3 aromatic rings. The number of aryl methyl sites for hydroxylation is 1. The van der Waals surface area contributed by atoms with E-state index in [9.17, 15) is 13.2 Å². The van der Waals surface area contributed by atoms with E-state index in [1.807, 2.05) is 18.2 Å². The second kappa shape index (κ2) is 7.48. The third-order valence-electron chi connectivity index (χ3n) is 4.79. The third kappa shape index (κ3) is 3.51. The molecule has 0 spiro atoms. The van der Waals surface area contributed by atoms with Crippen molar-refractivity contribution in [1.29, 1.82) is 0 Å². The molecule has 0 atom stereocenters. The highest BCUT2D eigenvalue weighted by Gasteiger charge is 2.29. The number of amides is 1. The van der Waals surface area contributed by atoms with E-state index in [0.29, 0.717) is 23.5 Å². The van der Waals surface area contributed by atoms with E-state index in [0.717, 1.165) is 18.4 Å². The quantitative estimate of drug-likeness (QED) is 0.727. The number of fused-ring (bicyclic) bond motifs is 1. The second-order valence-corrected chi connectivity index (χ2v) is 8.52. The third-order valence-corrected chi connectivity index (χ3v) is 6.61. The van der Waals surface area contributed by atoms with Gasteiger partial charge >= 0.3 is 0 Å². The second-order valence-electron chi connectivity index (χ2n) is 6.66. The molecular weight excluding hydrogens is 372 g/mol. The van der Waals surface area contributed by atoms with Crippen molar-refractivity contribution < 1.29 is 13.2 Å². The summed E-state index contributed by atoms with van der Waals surface area (Å²) in [4.78, 5) is 12.7. The van der Waals surface area contributed by atoms with Gasteiger partial charge in [-0.1, -0.05) is 42.5 Å². The fraction of sp³-hybridized carbons (Fsp3) is 0.136. The van der Waals surface area contributed by atoms with E-state index in [4.69, 9.17) is 0 Å². The predicted octanol–water partition coefficient (Wildman–Crippen LogP) is 4.08. The standard InChI is InChI=1S/C22H20N2O3S/c25-22(18-8-3-1-4-9-18)23-19-14-13-17-10-7-15-24(21(17)16-19)28(26,27)20-11-5-2-6-12-20/h1-6,8-9,11-14,16H,7,10,15H2,(H,23,25). The average Bonchev–Trinajstić information content (AvgIpc) is 2.74. The number of hydrogen-bond acceptors (Lipinski definition) is 3. The summed E-state index contributed by atoms with van der Waals surface area (Å²) >= 11 is 0. The van der Waals surface area contributed by atoms with Gasteiger partial charge in [-0.25, -0.2) is 8.42 Å². The minimum Gasteiger partial charge on any atom is -0.322 e. The molecule has 0 aromatic heterocycles. The highest BCUT2D eigenvalue weighted by molar-refractivity contribution is 7.92. The van der Waals surface area contributed by atoms with Crippen molar-refractivity contribution in [2.75, 3.05) is 16.2 Å². The molecule has 1 heterocycles. The number of rotatable bonds is 4. The number of nitrogens with zero attached hydrogens (tertiary/aromatic N) is 1. The normalized spacial score (nSPS) is 13.6. The van der Waals surface area contributed by atoms with Gasteiger partial charge in [-0.15, -0.1) is 0 Å². The van der Waals surface area contributed by atoms with Gasteiger partial charge < -0.3 is 5.32 Å². The molecule has 5 nitrogen and oxygen atoms in total. The summed E-state index contributed by atoms with van der Waals surface area (Å²) < 4.78 is 27.7. The smallest absolute Gasteiger partial charge is 0.264 e. The monoisotopic (exact) mass is 392 g/mol. The Bertz CT molecular complexity index is 1100. The van der Waals surface area contributed by atoms with Crippen molar-refractivity contribution in [2.45, 2.75) is 17.7 Å². The first-order valence-electron chi connectivity index (χ1n) is 9.13. The molecule has 1 N–H and O–H groups in total. The molecule has 0 aliphatic carbocycles. The Morgan fingerprint density at radius 2 is 1.57 bits per heavy atom. The van der Waals surface area contributed by atoms with Gasteiger partial charge in [0.15, 0.2) is 0 Å². The Hall–Kier alpha value is -3.12. The van der Waals surface area contributed by atoms with Crippen LogP contribution in [0.15, 0.2) is 83.8 Å². The fourth-order valence-electron chi connectivity index (χ4n) is 3.38. The Morgan fingerprint density at radius 3 is 2.29 bits per heavy atom. The number of anilines is 2. The maximum absolute atomic E-state index is 13.1. The van der Waals surface area contributed by atoms with Crippen LogP contribution in [0.4, 0.5) is 11.4 Å². The molecule has 6 heteroatoms. The molecule has 1 aliphatic rings. The zero-order valence-corrected chi connectivity index (χ0v) is 16.0. The van der Waals surface area contributed by atoms with Crippen LogP contribution >= 0.6 is 0 Å². The van der Waals surface area contributed by atoms with Crippen LogP contribution in [0.3, 0.4) is 0 Å². The Kier molecular flexibility index (Phi) is 4.88. The molecule has 0 bridgehead atoms. The lowest BCUT2D eigenvalue weighted by Gasteiger charge is -2.31. The molecule has 0 radical (unpaired) electrons. The van der Waals surface area contributed by atoms with Gasteiger partial charge in [-0.3, -0.25) is 9.10 Å². The molecule has 1 aliphatic heterocycles. The van der Waals surface area contributed by atoms with Crippen LogP contribution in [0.1, 0.15) is 22.3 Å².